The van der Waals surface area contributed by atoms with Gasteiger partial charge in [0, 0.05) is 58.8 Å². The van der Waals surface area contributed by atoms with Gasteiger partial charge in [-0.15, -0.1) is 0 Å². The van der Waals surface area contributed by atoms with Gasteiger partial charge in [-0.1, -0.05) is 65.7 Å². The second-order valence-corrected chi connectivity index (χ2v) is 13.1. The van der Waals surface area contributed by atoms with Gasteiger partial charge in [0.2, 0.25) is 11.8 Å². The molecule has 6 rings (SSSR count). The summed E-state index contributed by atoms with van der Waals surface area (Å²) in [5.74, 6) is 0.703. The van der Waals surface area contributed by atoms with Crippen molar-refractivity contribution in [2.75, 3.05) is 20.2 Å². The molecule has 3 saturated heterocycles. The number of methoxy groups -OCH3 is 1. The van der Waals surface area contributed by atoms with Crippen LogP contribution in [0.25, 0.3) is 22.4 Å². The normalized spacial score (nSPS) is 20.8. The van der Waals surface area contributed by atoms with E-state index in [2.05, 4.69) is 10.2 Å². The van der Waals surface area contributed by atoms with Crippen molar-refractivity contribution >= 4 is 41.7 Å². The van der Waals surface area contributed by atoms with E-state index in [0.717, 1.165) is 47.2 Å². The molecule has 7 nitrogen and oxygen atoms in total. The monoisotopic (exact) mass is 593 g/mol. The van der Waals surface area contributed by atoms with Gasteiger partial charge in [0.15, 0.2) is 0 Å². The van der Waals surface area contributed by atoms with E-state index in [1.54, 1.807) is 7.11 Å². The highest BCUT2D eigenvalue weighted by Crippen LogP contribution is 2.41. The third-order valence-electron chi connectivity index (χ3n) is 8.91. The van der Waals surface area contributed by atoms with E-state index in [1.807, 2.05) is 76.2 Å². The Morgan fingerprint density at radius 3 is 2.22 bits per heavy atom. The van der Waals surface area contributed by atoms with Crippen molar-refractivity contribution in [3.63, 3.8) is 0 Å². The predicted molar refractivity (Wildman–Crippen MR) is 163 cm³/mol. The van der Waals surface area contributed by atoms with Crippen LogP contribution in [-0.4, -0.2) is 59.8 Å². The summed E-state index contributed by atoms with van der Waals surface area (Å²) >= 11 is 14.0. The maximum Gasteiger partial charge on any atom is 0.496 e. The molecule has 2 aromatic carbocycles. The molecule has 1 N–H and O–H groups in total. The molecule has 3 aliphatic rings. The maximum atomic E-state index is 11.7. The number of pyridine rings is 1. The zero-order valence-electron chi connectivity index (χ0n) is 24.0. The molecule has 1 spiro atoms. The zero-order valence-corrected chi connectivity index (χ0v) is 25.5. The third kappa shape index (κ3) is 5.04. The molecule has 1 amide bonds. The Morgan fingerprint density at radius 2 is 1.59 bits per heavy atom. The van der Waals surface area contributed by atoms with Gasteiger partial charge >= 0.3 is 7.12 Å². The van der Waals surface area contributed by atoms with Crippen molar-refractivity contribution in [3.05, 3.63) is 64.1 Å². The van der Waals surface area contributed by atoms with E-state index < -0.39 is 18.3 Å². The average molecular weight is 594 g/mol. The second kappa shape index (κ2) is 10.3. The fourth-order valence-corrected chi connectivity index (χ4v) is 6.58. The summed E-state index contributed by atoms with van der Waals surface area (Å²) in [5.41, 5.74) is 3.80. The standard InChI is InChI=1S/C31H34BCl2N3O4/c1-29(2)30(3,4)41-32(40-29)23-11-7-9-21(27(23)34)20-8-6-10-22(26(20)33)24-13-12-19(28(35-24)39-5)16-37-17-31(18-37)15-14-25(38)36-31/h6-13H,14-18H2,1-5H3,(H,36,38). The number of halogens is 2. The van der Waals surface area contributed by atoms with E-state index >= 15 is 0 Å². The first-order valence-electron chi connectivity index (χ1n) is 13.9. The van der Waals surface area contributed by atoms with Crippen molar-refractivity contribution in [3.8, 4) is 28.3 Å². The van der Waals surface area contributed by atoms with E-state index in [1.165, 1.54) is 0 Å². The van der Waals surface area contributed by atoms with Crippen molar-refractivity contribution < 1.29 is 18.8 Å². The Morgan fingerprint density at radius 1 is 0.951 bits per heavy atom. The summed E-state index contributed by atoms with van der Waals surface area (Å²) in [5, 5.41) is 4.22. The fourth-order valence-electron chi connectivity index (χ4n) is 5.94. The summed E-state index contributed by atoms with van der Waals surface area (Å²) in [6.07, 6.45) is 1.51. The van der Waals surface area contributed by atoms with Gasteiger partial charge in [0.25, 0.3) is 0 Å². The number of hydrogen-bond donors (Lipinski definition) is 1. The minimum absolute atomic E-state index is 0.0628. The summed E-state index contributed by atoms with van der Waals surface area (Å²) in [7, 11) is 1.04. The van der Waals surface area contributed by atoms with Gasteiger partial charge in [-0.25, -0.2) is 4.98 Å². The number of amides is 1. The Bertz CT molecular complexity index is 1510. The third-order valence-corrected chi connectivity index (χ3v) is 9.74. The Balaban J connectivity index is 1.26. The highest BCUT2D eigenvalue weighted by molar-refractivity contribution is 6.66. The van der Waals surface area contributed by atoms with Gasteiger partial charge in [0.1, 0.15) is 0 Å². The number of nitrogens with zero attached hydrogens (tertiary/aromatic N) is 2. The molecule has 0 bridgehead atoms. The van der Waals surface area contributed by atoms with Crippen LogP contribution in [-0.2, 0) is 20.6 Å². The molecule has 0 aliphatic carbocycles. The van der Waals surface area contributed by atoms with Crippen molar-refractivity contribution in [1.82, 2.24) is 15.2 Å². The zero-order chi connectivity index (χ0) is 29.2. The van der Waals surface area contributed by atoms with Crippen LogP contribution < -0.4 is 15.5 Å². The van der Waals surface area contributed by atoms with E-state index in [4.69, 9.17) is 42.2 Å². The molecule has 0 radical (unpaired) electrons. The van der Waals surface area contributed by atoms with E-state index in [9.17, 15) is 4.79 Å². The van der Waals surface area contributed by atoms with Gasteiger partial charge < -0.3 is 19.4 Å². The minimum Gasteiger partial charge on any atom is -0.481 e. The number of likely N-dealkylation sites (tertiary alicyclic amines) is 1. The van der Waals surface area contributed by atoms with Crippen molar-refractivity contribution in [2.45, 2.75) is 63.8 Å². The lowest BCUT2D eigenvalue weighted by molar-refractivity contribution is -0.120. The number of carbonyl (C=O) groups excluding carboxylic acids is 1. The van der Waals surface area contributed by atoms with Gasteiger partial charge in [-0.2, -0.15) is 0 Å². The molecule has 214 valence electrons. The number of benzene rings is 2. The molecule has 3 fully saturated rings. The predicted octanol–water partition coefficient (Wildman–Crippen LogP) is 5.49. The lowest BCUT2D eigenvalue weighted by atomic mass is 9.77. The van der Waals surface area contributed by atoms with E-state index in [-0.39, 0.29) is 11.4 Å². The molecular weight excluding hydrogens is 560 g/mol. The minimum atomic E-state index is -0.584. The maximum absolute atomic E-state index is 11.7. The van der Waals surface area contributed by atoms with Crippen LogP contribution in [0.3, 0.4) is 0 Å². The SMILES string of the molecule is COc1nc(-c2cccc(-c3cccc(B4OC(C)(C)C(C)(C)O4)c3Cl)c2Cl)ccc1CN1CC2(CCC(=O)N2)C1. The van der Waals surface area contributed by atoms with Crippen LogP contribution in [0.15, 0.2) is 48.5 Å². The van der Waals surface area contributed by atoms with Gasteiger partial charge in [0.05, 0.1) is 34.6 Å². The Kier molecular flexibility index (Phi) is 7.15. The number of rotatable bonds is 6. The molecule has 4 heterocycles. The topological polar surface area (TPSA) is 72.9 Å². The lowest BCUT2D eigenvalue weighted by Crippen LogP contribution is -2.66. The highest BCUT2D eigenvalue weighted by atomic mass is 35.5. The van der Waals surface area contributed by atoms with Gasteiger partial charge in [-0.3, -0.25) is 9.69 Å². The molecule has 10 heteroatoms. The smallest absolute Gasteiger partial charge is 0.481 e. The number of aromatic nitrogens is 1. The van der Waals surface area contributed by atoms with Crippen LogP contribution in [0.4, 0.5) is 0 Å². The van der Waals surface area contributed by atoms with Crippen LogP contribution >= 0.6 is 23.2 Å². The number of carbonyl (C=O) groups is 1. The second-order valence-electron chi connectivity index (χ2n) is 12.3. The van der Waals surface area contributed by atoms with Crippen molar-refractivity contribution in [2.24, 2.45) is 0 Å². The summed E-state index contributed by atoms with van der Waals surface area (Å²) < 4.78 is 18.2. The molecule has 41 heavy (non-hydrogen) atoms. The summed E-state index contributed by atoms with van der Waals surface area (Å²) in [6.45, 7) is 10.5. The molecular formula is C31H34BCl2N3O4. The lowest BCUT2D eigenvalue weighted by Gasteiger charge is -2.48. The van der Waals surface area contributed by atoms with Crippen LogP contribution in [0.5, 0.6) is 5.88 Å². The fraction of sp³-hybridized carbons (Fsp3) is 0.419. The molecule has 3 aromatic rings. The first-order chi connectivity index (χ1) is 19.4. The van der Waals surface area contributed by atoms with Crippen molar-refractivity contribution in [1.29, 1.82) is 0 Å². The Labute approximate surface area is 251 Å². The largest absolute Gasteiger partial charge is 0.496 e. The van der Waals surface area contributed by atoms with E-state index in [0.29, 0.717) is 34.6 Å². The molecule has 1 aromatic heterocycles. The molecule has 3 aliphatic heterocycles. The number of ether oxygens (including phenoxy) is 1. The van der Waals surface area contributed by atoms with Gasteiger partial charge in [-0.05, 0) is 40.2 Å². The van der Waals surface area contributed by atoms with Crippen LogP contribution in [0, 0.1) is 0 Å². The Hall–Kier alpha value is -2.62. The molecule has 0 atom stereocenters. The highest BCUT2D eigenvalue weighted by Gasteiger charge is 2.52. The first-order valence-corrected chi connectivity index (χ1v) is 14.7. The number of hydrogen-bond acceptors (Lipinski definition) is 6. The van der Waals surface area contributed by atoms with Crippen LogP contribution in [0.2, 0.25) is 10.0 Å². The summed E-state index contributed by atoms with van der Waals surface area (Å²) in [4.78, 5) is 18.8. The quantitative estimate of drug-likeness (QED) is 0.381. The first kappa shape index (κ1) is 28.5. The summed E-state index contributed by atoms with van der Waals surface area (Å²) in [6, 6.07) is 15.7. The molecule has 0 saturated carbocycles. The molecule has 0 unspecified atom stereocenters. The average Bonchev–Trinajstić information content (AvgIpc) is 3.39. The number of nitrogens with one attached hydrogen (secondary N) is 1. The van der Waals surface area contributed by atoms with Crippen LogP contribution in [0.1, 0.15) is 46.1 Å².